The van der Waals surface area contributed by atoms with E-state index in [1.807, 2.05) is 26.0 Å². The van der Waals surface area contributed by atoms with Gasteiger partial charge in [-0.15, -0.1) is 0 Å². The van der Waals surface area contributed by atoms with Gasteiger partial charge in [0, 0.05) is 12.4 Å². The van der Waals surface area contributed by atoms with Crippen LogP contribution in [0.2, 0.25) is 0 Å². The van der Waals surface area contributed by atoms with Crippen molar-refractivity contribution in [2.24, 2.45) is 5.92 Å². The van der Waals surface area contributed by atoms with E-state index in [2.05, 4.69) is 28.9 Å². The molecule has 1 aromatic rings. The first-order valence-electron chi connectivity index (χ1n) is 6.77. The molecule has 0 N–H and O–H groups in total. The molecule has 0 unspecified atom stereocenters. The molecule has 1 fully saturated rings. The van der Waals surface area contributed by atoms with E-state index >= 15 is 0 Å². The lowest BCUT2D eigenvalue weighted by atomic mass is 9.99. The minimum absolute atomic E-state index is 0.979. The lowest BCUT2D eigenvalue weighted by Crippen LogP contribution is -2.32. The summed E-state index contributed by atoms with van der Waals surface area (Å²) >= 11 is 0. The van der Waals surface area contributed by atoms with Gasteiger partial charge in [0.05, 0.1) is 0 Å². The van der Waals surface area contributed by atoms with Gasteiger partial charge in [0.1, 0.15) is 0 Å². The molecule has 0 radical (unpaired) electrons. The maximum Gasteiger partial charge on any atom is 0.0496 e. The first-order chi connectivity index (χ1) is 8.33. The molecule has 0 aromatic carbocycles. The number of aromatic nitrogens is 2. The van der Waals surface area contributed by atoms with E-state index in [1.54, 1.807) is 12.4 Å². The van der Waals surface area contributed by atoms with Gasteiger partial charge in [-0.2, -0.15) is 10.2 Å². The Labute approximate surface area is 106 Å². The zero-order chi connectivity index (χ0) is 12.9. The molecule has 0 aliphatic carbocycles. The highest BCUT2D eigenvalue weighted by atomic mass is 15.1. The van der Waals surface area contributed by atoms with E-state index in [0.717, 1.165) is 5.92 Å². The van der Waals surface area contributed by atoms with Crippen LogP contribution in [0, 0.1) is 5.92 Å². The first kappa shape index (κ1) is 16.0. The molecule has 1 aromatic heterocycles. The molecule has 3 nitrogen and oxygen atoms in total. The minimum atomic E-state index is 0.979. The van der Waals surface area contributed by atoms with E-state index in [4.69, 9.17) is 0 Å². The van der Waals surface area contributed by atoms with E-state index in [1.165, 1.54) is 32.5 Å². The highest BCUT2D eigenvalue weighted by molar-refractivity contribution is 4.79. The SMILES string of the molecule is CC.CCN1CCC(C)CC1.c1ccnnc1. The number of nitrogens with zero attached hydrogens (tertiary/aromatic N) is 3. The van der Waals surface area contributed by atoms with Gasteiger partial charge in [0.25, 0.3) is 0 Å². The second-order valence-electron chi connectivity index (χ2n) is 4.03. The Kier molecular flexibility index (Phi) is 10.9. The summed E-state index contributed by atoms with van der Waals surface area (Å²) in [6.07, 6.45) is 6.10. The second-order valence-corrected chi connectivity index (χ2v) is 4.03. The summed E-state index contributed by atoms with van der Waals surface area (Å²) in [5, 5.41) is 7.07. The summed E-state index contributed by atoms with van der Waals surface area (Å²) in [4.78, 5) is 2.53. The summed E-state index contributed by atoms with van der Waals surface area (Å²) in [7, 11) is 0. The quantitative estimate of drug-likeness (QED) is 0.751. The Bertz CT molecular complexity index is 204. The molecule has 2 heterocycles. The molecular formula is C14H27N3. The summed E-state index contributed by atoms with van der Waals surface area (Å²) in [5.74, 6) is 0.979. The van der Waals surface area contributed by atoms with Gasteiger partial charge >= 0.3 is 0 Å². The van der Waals surface area contributed by atoms with Crippen LogP contribution >= 0.6 is 0 Å². The van der Waals surface area contributed by atoms with Crippen LogP contribution < -0.4 is 0 Å². The van der Waals surface area contributed by atoms with E-state index in [0.29, 0.717) is 0 Å². The topological polar surface area (TPSA) is 29.0 Å². The van der Waals surface area contributed by atoms with Crippen molar-refractivity contribution in [2.75, 3.05) is 19.6 Å². The van der Waals surface area contributed by atoms with Crippen LogP contribution in [0.4, 0.5) is 0 Å². The molecule has 0 atom stereocenters. The number of hydrogen-bond donors (Lipinski definition) is 0. The number of piperidine rings is 1. The molecule has 0 spiro atoms. The first-order valence-corrected chi connectivity index (χ1v) is 6.77. The molecular weight excluding hydrogens is 210 g/mol. The Morgan fingerprint density at radius 1 is 1.06 bits per heavy atom. The van der Waals surface area contributed by atoms with Crippen LogP contribution in [-0.2, 0) is 0 Å². The third-order valence-electron chi connectivity index (χ3n) is 2.81. The summed E-state index contributed by atoms with van der Waals surface area (Å²) < 4.78 is 0. The van der Waals surface area contributed by atoms with Crippen molar-refractivity contribution < 1.29 is 0 Å². The van der Waals surface area contributed by atoms with Crippen LogP contribution in [0.1, 0.15) is 40.5 Å². The maximum atomic E-state index is 3.53. The summed E-state index contributed by atoms with van der Waals surface area (Å²) in [6, 6.07) is 3.65. The lowest BCUT2D eigenvalue weighted by molar-refractivity contribution is 0.201. The Hall–Kier alpha value is -0.960. The van der Waals surface area contributed by atoms with E-state index in [9.17, 15) is 0 Å². The molecule has 0 saturated carbocycles. The van der Waals surface area contributed by atoms with E-state index < -0.39 is 0 Å². The molecule has 2 rings (SSSR count). The van der Waals surface area contributed by atoms with Crippen molar-refractivity contribution >= 4 is 0 Å². The fourth-order valence-corrected chi connectivity index (χ4v) is 1.63. The molecule has 0 amide bonds. The van der Waals surface area contributed by atoms with Crippen LogP contribution in [-0.4, -0.2) is 34.7 Å². The zero-order valence-corrected chi connectivity index (χ0v) is 11.8. The third kappa shape index (κ3) is 8.81. The van der Waals surface area contributed by atoms with Crippen molar-refractivity contribution in [2.45, 2.75) is 40.5 Å². The summed E-state index contributed by atoms with van der Waals surface area (Å²) in [6.45, 7) is 12.5. The van der Waals surface area contributed by atoms with Gasteiger partial charge in [0.15, 0.2) is 0 Å². The minimum Gasteiger partial charge on any atom is -0.304 e. The van der Waals surface area contributed by atoms with Crippen LogP contribution in [0.25, 0.3) is 0 Å². The predicted octanol–water partition coefficient (Wildman–Crippen LogP) is 3.24. The van der Waals surface area contributed by atoms with E-state index in [-0.39, 0.29) is 0 Å². The molecule has 3 heteroatoms. The summed E-state index contributed by atoms with van der Waals surface area (Å²) in [5.41, 5.74) is 0. The maximum absolute atomic E-state index is 3.53. The Morgan fingerprint density at radius 2 is 1.53 bits per heavy atom. The monoisotopic (exact) mass is 237 g/mol. The number of likely N-dealkylation sites (tertiary alicyclic amines) is 1. The van der Waals surface area contributed by atoms with Gasteiger partial charge in [-0.05, 0) is 50.5 Å². The number of hydrogen-bond acceptors (Lipinski definition) is 3. The van der Waals surface area contributed by atoms with Crippen molar-refractivity contribution in [1.29, 1.82) is 0 Å². The molecule has 1 saturated heterocycles. The van der Waals surface area contributed by atoms with Gasteiger partial charge in [0.2, 0.25) is 0 Å². The largest absolute Gasteiger partial charge is 0.304 e. The molecule has 17 heavy (non-hydrogen) atoms. The molecule has 0 bridgehead atoms. The predicted molar refractivity (Wildman–Crippen MR) is 73.9 cm³/mol. The van der Waals surface area contributed by atoms with Gasteiger partial charge in [-0.1, -0.05) is 27.7 Å². The smallest absolute Gasteiger partial charge is 0.0496 e. The zero-order valence-electron chi connectivity index (χ0n) is 11.8. The van der Waals surface area contributed by atoms with Gasteiger partial charge in [-0.3, -0.25) is 0 Å². The average Bonchev–Trinajstić information content (AvgIpc) is 2.44. The second kappa shape index (κ2) is 11.5. The standard InChI is InChI=1S/C8H17N.C4H4N2.C2H6/c1-3-9-6-4-8(2)5-7-9;1-2-4-6-5-3-1;1-2/h8H,3-7H2,1-2H3;1-4H;1-2H3. The van der Waals surface area contributed by atoms with Crippen molar-refractivity contribution in [3.05, 3.63) is 24.5 Å². The lowest BCUT2D eigenvalue weighted by Gasteiger charge is -2.28. The third-order valence-corrected chi connectivity index (χ3v) is 2.81. The van der Waals surface area contributed by atoms with Crippen molar-refractivity contribution in [1.82, 2.24) is 15.1 Å². The normalized spacial score (nSPS) is 16.2. The fourth-order valence-electron chi connectivity index (χ4n) is 1.63. The average molecular weight is 237 g/mol. The number of rotatable bonds is 1. The van der Waals surface area contributed by atoms with Gasteiger partial charge < -0.3 is 4.90 Å². The molecule has 1 aliphatic heterocycles. The molecule has 98 valence electrons. The van der Waals surface area contributed by atoms with Crippen LogP contribution in [0.5, 0.6) is 0 Å². The fraction of sp³-hybridized carbons (Fsp3) is 0.714. The van der Waals surface area contributed by atoms with Gasteiger partial charge in [-0.25, -0.2) is 0 Å². The Balaban J connectivity index is 0.000000278. The van der Waals surface area contributed by atoms with Crippen LogP contribution in [0.15, 0.2) is 24.5 Å². The highest BCUT2D eigenvalue weighted by Crippen LogP contribution is 2.14. The van der Waals surface area contributed by atoms with Crippen molar-refractivity contribution in [3.8, 4) is 0 Å². The highest BCUT2D eigenvalue weighted by Gasteiger charge is 2.12. The molecule has 1 aliphatic rings. The van der Waals surface area contributed by atoms with Crippen LogP contribution in [0.3, 0.4) is 0 Å². The Morgan fingerprint density at radius 3 is 1.82 bits per heavy atom. The van der Waals surface area contributed by atoms with Crippen molar-refractivity contribution in [3.63, 3.8) is 0 Å².